The molecule has 0 radical (unpaired) electrons. The molecule has 7 heteroatoms. The first-order chi connectivity index (χ1) is 8.95. The van der Waals surface area contributed by atoms with Crippen LogP contribution in [-0.2, 0) is 0 Å². The van der Waals surface area contributed by atoms with Crippen molar-refractivity contribution in [1.82, 2.24) is 4.98 Å². The lowest BCUT2D eigenvalue weighted by molar-refractivity contribution is -0.384. The Morgan fingerprint density at radius 2 is 2.21 bits per heavy atom. The Labute approximate surface area is 112 Å². The van der Waals surface area contributed by atoms with Gasteiger partial charge in [0, 0.05) is 25.3 Å². The highest BCUT2D eigenvalue weighted by atomic mass is 16.6. The van der Waals surface area contributed by atoms with Crippen LogP contribution in [0.5, 0.6) is 0 Å². The van der Waals surface area contributed by atoms with E-state index in [4.69, 9.17) is 5.11 Å². The largest absolute Gasteiger partial charge is 0.396 e. The normalized spacial score (nSPS) is 13.7. The topological polar surface area (TPSA) is 100 Å². The average Bonchev–Trinajstić information content (AvgIpc) is 2.38. The Hall–Kier alpha value is -1.89. The lowest BCUT2D eigenvalue weighted by atomic mass is 9.95. The molecule has 0 amide bonds. The number of nitrogens with one attached hydrogen (secondary N) is 2. The summed E-state index contributed by atoms with van der Waals surface area (Å²) in [6.45, 7) is 3.87. The van der Waals surface area contributed by atoms with E-state index < -0.39 is 10.5 Å². The Morgan fingerprint density at radius 3 is 2.68 bits per heavy atom. The van der Waals surface area contributed by atoms with Gasteiger partial charge in [-0.15, -0.1) is 0 Å². The van der Waals surface area contributed by atoms with Crippen LogP contribution in [0.4, 0.5) is 17.3 Å². The lowest BCUT2D eigenvalue weighted by Gasteiger charge is -2.29. The minimum Gasteiger partial charge on any atom is -0.396 e. The molecule has 0 aromatic carbocycles. The zero-order valence-corrected chi connectivity index (χ0v) is 11.4. The van der Waals surface area contributed by atoms with Crippen molar-refractivity contribution in [3.8, 4) is 0 Å². The van der Waals surface area contributed by atoms with E-state index in [1.54, 1.807) is 13.1 Å². The maximum absolute atomic E-state index is 11.0. The van der Waals surface area contributed by atoms with E-state index in [1.165, 1.54) is 6.07 Å². The summed E-state index contributed by atoms with van der Waals surface area (Å²) >= 11 is 0. The fraction of sp³-hybridized carbons (Fsp3) is 0.583. The van der Waals surface area contributed by atoms with Gasteiger partial charge in [-0.3, -0.25) is 10.1 Å². The van der Waals surface area contributed by atoms with Crippen molar-refractivity contribution >= 4 is 17.3 Å². The highest BCUT2D eigenvalue weighted by Gasteiger charge is 2.26. The molecule has 7 nitrogen and oxygen atoms in total. The van der Waals surface area contributed by atoms with Crippen LogP contribution in [0.25, 0.3) is 0 Å². The number of nitrogens with zero attached hydrogens (tertiary/aromatic N) is 2. The summed E-state index contributed by atoms with van der Waals surface area (Å²) in [5.41, 5.74) is -0.504. The van der Waals surface area contributed by atoms with Crippen molar-refractivity contribution in [3.05, 3.63) is 22.2 Å². The lowest BCUT2D eigenvalue weighted by Crippen LogP contribution is -2.35. The third kappa shape index (κ3) is 3.78. The molecule has 19 heavy (non-hydrogen) atoms. The number of rotatable bonds is 7. The van der Waals surface area contributed by atoms with Crippen molar-refractivity contribution in [2.45, 2.75) is 32.2 Å². The quantitative estimate of drug-likeness (QED) is 0.516. The molecule has 0 aliphatic carbocycles. The highest BCUT2D eigenvalue weighted by Crippen LogP contribution is 2.29. The number of nitro groups is 1. The summed E-state index contributed by atoms with van der Waals surface area (Å²) < 4.78 is 0. The molecule has 1 rings (SSSR count). The summed E-state index contributed by atoms with van der Waals surface area (Å²) in [5.74, 6) is 0.769. The number of pyridine rings is 1. The van der Waals surface area contributed by atoms with Gasteiger partial charge in [0.2, 0.25) is 5.82 Å². The molecular formula is C12H20N4O3. The average molecular weight is 268 g/mol. The number of aliphatic hydroxyl groups excluding tert-OH is 1. The van der Waals surface area contributed by atoms with Gasteiger partial charge < -0.3 is 15.7 Å². The number of aliphatic hydroxyl groups is 1. The van der Waals surface area contributed by atoms with Crippen molar-refractivity contribution in [2.75, 3.05) is 24.3 Å². The van der Waals surface area contributed by atoms with Crippen LogP contribution in [0, 0.1) is 10.1 Å². The highest BCUT2D eigenvalue weighted by molar-refractivity contribution is 5.61. The van der Waals surface area contributed by atoms with E-state index in [-0.39, 0.29) is 18.1 Å². The van der Waals surface area contributed by atoms with E-state index in [1.807, 2.05) is 13.8 Å². The minimum atomic E-state index is -0.468. The van der Waals surface area contributed by atoms with Crippen LogP contribution < -0.4 is 10.6 Å². The predicted molar refractivity (Wildman–Crippen MR) is 74.5 cm³/mol. The van der Waals surface area contributed by atoms with Gasteiger partial charge >= 0.3 is 5.69 Å². The first-order valence-corrected chi connectivity index (χ1v) is 6.18. The van der Waals surface area contributed by atoms with Crippen LogP contribution >= 0.6 is 0 Å². The molecular weight excluding hydrogens is 248 g/mol. The van der Waals surface area contributed by atoms with Crippen LogP contribution in [0.2, 0.25) is 0 Å². The minimum absolute atomic E-state index is 0.0108. The van der Waals surface area contributed by atoms with Crippen molar-refractivity contribution in [2.24, 2.45) is 0 Å². The number of hydrogen-bond donors (Lipinski definition) is 3. The standard InChI is InChI=1S/C12H20N4O3/c1-4-12(2,7-8-17)15-11-9(16(18)19)5-6-10(13-3)14-11/h5-6,17H,4,7-8H2,1-3H3,(H2,13,14,15). The van der Waals surface area contributed by atoms with E-state index in [0.29, 0.717) is 12.2 Å². The zero-order valence-electron chi connectivity index (χ0n) is 11.4. The van der Waals surface area contributed by atoms with E-state index in [0.717, 1.165) is 6.42 Å². The Bertz CT molecular complexity index is 453. The molecule has 0 saturated carbocycles. The molecule has 1 aromatic heterocycles. The second kappa shape index (κ2) is 6.33. The van der Waals surface area contributed by atoms with Gasteiger partial charge in [0.05, 0.1) is 4.92 Å². The Balaban J connectivity index is 3.12. The molecule has 1 atom stereocenters. The molecule has 0 bridgehead atoms. The molecule has 0 aliphatic rings. The second-order valence-corrected chi connectivity index (χ2v) is 4.58. The summed E-state index contributed by atoms with van der Waals surface area (Å²) in [6, 6.07) is 2.97. The maximum atomic E-state index is 11.0. The summed E-state index contributed by atoms with van der Waals surface area (Å²) in [7, 11) is 1.70. The van der Waals surface area contributed by atoms with Gasteiger partial charge in [0.1, 0.15) is 5.82 Å². The molecule has 1 heterocycles. The van der Waals surface area contributed by atoms with Crippen LogP contribution in [0.1, 0.15) is 26.7 Å². The monoisotopic (exact) mass is 268 g/mol. The molecule has 0 fully saturated rings. The molecule has 1 unspecified atom stereocenters. The number of aromatic nitrogens is 1. The summed E-state index contributed by atoms with van der Waals surface area (Å²) in [4.78, 5) is 14.7. The number of anilines is 2. The Morgan fingerprint density at radius 1 is 1.53 bits per heavy atom. The SMILES string of the molecule is CCC(C)(CCO)Nc1nc(NC)ccc1[N+](=O)[O-]. The zero-order chi connectivity index (χ0) is 14.5. The summed E-state index contributed by atoms with van der Waals surface area (Å²) in [6.07, 6.45) is 1.21. The van der Waals surface area contributed by atoms with E-state index in [2.05, 4.69) is 15.6 Å². The third-order valence-corrected chi connectivity index (χ3v) is 3.19. The van der Waals surface area contributed by atoms with Gasteiger partial charge in [0.15, 0.2) is 0 Å². The first kappa shape index (κ1) is 15.2. The maximum Gasteiger partial charge on any atom is 0.311 e. The van der Waals surface area contributed by atoms with E-state index in [9.17, 15) is 10.1 Å². The fourth-order valence-corrected chi connectivity index (χ4v) is 1.69. The first-order valence-electron chi connectivity index (χ1n) is 6.18. The Kier molecular flexibility index (Phi) is 5.05. The van der Waals surface area contributed by atoms with E-state index >= 15 is 0 Å². The smallest absolute Gasteiger partial charge is 0.311 e. The number of hydrogen-bond acceptors (Lipinski definition) is 6. The molecule has 1 aromatic rings. The summed E-state index contributed by atoms with van der Waals surface area (Å²) in [5, 5.41) is 26.0. The van der Waals surface area contributed by atoms with Crippen LogP contribution in [-0.4, -0.2) is 34.2 Å². The van der Waals surface area contributed by atoms with Crippen molar-refractivity contribution in [3.63, 3.8) is 0 Å². The molecule has 0 saturated heterocycles. The third-order valence-electron chi connectivity index (χ3n) is 3.19. The van der Waals surface area contributed by atoms with Gasteiger partial charge in [0.25, 0.3) is 0 Å². The van der Waals surface area contributed by atoms with Gasteiger partial charge in [-0.2, -0.15) is 0 Å². The second-order valence-electron chi connectivity index (χ2n) is 4.58. The van der Waals surface area contributed by atoms with Gasteiger partial charge in [-0.25, -0.2) is 4.98 Å². The van der Waals surface area contributed by atoms with Crippen molar-refractivity contribution < 1.29 is 10.0 Å². The van der Waals surface area contributed by atoms with Crippen LogP contribution in [0.3, 0.4) is 0 Å². The van der Waals surface area contributed by atoms with Crippen LogP contribution in [0.15, 0.2) is 12.1 Å². The van der Waals surface area contributed by atoms with Gasteiger partial charge in [-0.05, 0) is 25.8 Å². The van der Waals surface area contributed by atoms with Gasteiger partial charge in [-0.1, -0.05) is 6.92 Å². The molecule has 0 aliphatic heterocycles. The molecule has 0 spiro atoms. The fourth-order valence-electron chi connectivity index (χ4n) is 1.69. The molecule has 106 valence electrons. The molecule has 3 N–H and O–H groups in total. The van der Waals surface area contributed by atoms with Crippen molar-refractivity contribution in [1.29, 1.82) is 0 Å². The predicted octanol–water partition coefficient (Wildman–Crippen LogP) is 1.99.